The zero-order valence-corrected chi connectivity index (χ0v) is 14.2. The predicted octanol–water partition coefficient (Wildman–Crippen LogP) is 4.04. The second-order valence-corrected chi connectivity index (χ2v) is 8.51. The molecule has 0 N–H and O–H groups in total. The van der Waals surface area contributed by atoms with E-state index < -0.39 is 0 Å². The molecule has 1 aliphatic rings. The molecule has 0 aromatic carbocycles. The van der Waals surface area contributed by atoms with Crippen molar-refractivity contribution in [2.45, 2.75) is 45.1 Å². The summed E-state index contributed by atoms with van der Waals surface area (Å²) in [6.45, 7) is 6.96. The van der Waals surface area contributed by atoms with Gasteiger partial charge < -0.3 is 4.57 Å². The molecule has 0 saturated carbocycles. The Bertz CT molecular complexity index is 733. The van der Waals surface area contributed by atoms with Crippen molar-refractivity contribution in [3.05, 3.63) is 26.9 Å². The molecule has 2 nitrogen and oxygen atoms in total. The van der Waals surface area contributed by atoms with Gasteiger partial charge in [0.2, 0.25) is 0 Å². The van der Waals surface area contributed by atoms with Crippen molar-refractivity contribution in [2.24, 2.45) is 18.4 Å². The molecule has 0 fully saturated rings. The predicted molar refractivity (Wildman–Crippen MR) is 89.3 cm³/mol. The third kappa shape index (κ3) is 2.13. The molecule has 0 amide bonds. The van der Waals surface area contributed by atoms with Crippen molar-refractivity contribution in [3.8, 4) is 0 Å². The van der Waals surface area contributed by atoms with Crippen LogP contribution in [0, 0.1) is 11.3 Å². The molecule has 0 spiro atoms. The highest BCUT2D eigenvalue weighted by Gasteiger charge is 2.31. The first kappa shape index (κ1) is 14.2. The maximum atomic E-state index is 12.5. The van der Waals surface area contributed by atoms with Crippen molar-refractivity contribution in [1.29, 1.82) is 0 Å². The number of fused-ring (bicyclic) bond motifs is 3. The maximum absolute atomic E-state index is 12.5. The first-order valence-corrected chi connectivity index (χ1v) is 8.38. The van der Waals surface area contributed by atoms with Crippen LogP contribution in [-0.4, -0.2) is 4.57 Å². The Kier molecular flexibility index (Phi) is 3.29. The standard InChI is InChI=1S/C16H21NOS2/c1-16(2,3)9-5-6-10-11(7-9)20-12-8-13(19)17(4)15(18)14(10)12/h8-9,19H,5-7H2,1-4H3/t9-/m0/s1. The Hall–Kier alpha value is -0.740. The lowest BCUT2D eigenvalue weighted by molar-refractivity contribution is 0.218. The zero-order chi connectivity index (χ0) is 14.7. The third-order valence-electron chi connectivity index (χ3n) is 4.64. The molecule has 1 atom stereocenters. The van der Waals surface area contributed by atoms with Gasteiger partial charge in [-0.05, 0) is 42.2 Å². The van der Waals surface area contributed by atoms with E-state index in [0.29, 0.717) is 11.3 Å². The number of thiol groups is 1. The van der Waals surface area contributed by atoms with Crippen molar-refractivity contribution in [2.75, 3.05) is 0 Å². The number of hydrogen-bond acceptors (Lipinski definition) is 3. The number of thiophene rings is 1. The van der Waals surface area contributed by atoms with Crippen LogP contribution < -0.4 is 5.56 Å². The van der Waals surface area contributed by atoms with E-state index in [1.165, 1.54) is 16.9 Å². The molecule has 0 unspecified atom stereocenters. The minimum atomic E-state index is 0.110. The van der Waals surface area contributed by atoms with Gasteiger partial charge in [-0.2, -0.15) is 0 Å². The summed E-state index contributed by atoms with van der Waals surface area (Å²) in [4.78, 5) is 13.9. The molecule has 0 radical (unpaired) electrons. The molecule has 0 bridgehead atoms. The molecule has 3 rings (SSSR count). The van der Waals surface area contributed by atoms with E-state index in [1.807, 2.05) is 6.07 Å². The van der Waals surface area contributed by atoms with E-state index in [2.05, 4.69) is 33.4 Å². The number of pyridine rings is 1. The van der Waals surface area contributed by atoms with Gasteiger partial charge in [-0.15, -0.1) is 24.0 Å². The van der Waals surface area contributed by atoms with Crippen LogP contribution in [0.2, 0.25) is 0 Å². The van der Waals surface area contributed by atoms with Gasteiger partial charge in [-0.1, -0.05) is 20.8 Å². The minimum absolute atomic E-state index is 0.110. The molecule has 2 aromatic heterocycles. The SMILES string of the molecule is Cn1c(S)cc2sc3c(c2c1=O)CC[C@H](C(C)(C)C)C3. The van der Waals surface area contributed by atoms with E-state index >= 15 is 0 Å². The minimum Gasteiger partial charge on any atom is -0.306 e. The van der Waals surface area contributed by atoms with Crippen LogP contribution in [0.5, 0.6) is 0 Å². The number of hydrogen-bond donors (Lipinski definition) is 1. The first-order valence-electron chi connectivity index (χ1n) is 7.12. The van der Waals surface area contributed by atoms with Crippen molar-refractivity contribution in [3.63, 3.8) is 0 Å². The average Bonchev–Trinajstić information content (AvgIpc) is 2.71. The molecule has 108 valence electrons. The van der Waals surface area contributed by atoms with Gasteiger partial charge in [-0.3, -0.25) is 4.79 Å². The normalized spacial score (nSPS) is 19.4. The summed E-state index contributed by atoms with van der Waals surface area (Å²) in [5, 5.41) is 1.69. The van der Waals surface area contributed by atoms with E-state index in [0.717, 1.165) is 28.0 Å². The van der Waals surface area contributed by atoms with Crippen LogP contribution in [0.25, 0.3) is 10.1 Å². The highest BCUT2D eigenvalue weighted by Crippen LogP contribution is 2.42. The lowest BCUT2D eigenvalue weighted by Gasteiger charge is -2.33. The summed E-state index contributed by atoms with van der Waals surface area (Å²) in [5.74, 6) is 0.711. The lowest BCUT2D eigenvalue weighted by atomic mass is 9.72. The number of aromatic nitrogens is 1. The van der Waals surface area contributed by atoms with Gasteiger partial charge in [-0.25, -0.2) is 0 Å². The molecular formula is C16H21NOS2. The van der Waals surface area contributed by atoms with E-state index in [1.54, 1.807) is 23.0 Å². The van der Waals surface area contributed by atoms with E-state index in [4.69, 9.17) is 0 Å². The highest BCUT2D eigenvalue weighted by atomic mass is 32.1. The topological polar surface area (TPSA) is 22.0 Å². The molecule has 1 aliphatic carbocycles. The Morgan fingerprint density at radius 1 is 1.40 bits per heavy atom. The Morgan fingerprint density at radius 3 is 2.75 bits per heavy atom. The highest BCUT2D eigenvalue weighted by molar-refractivity contribution is 7.80. The molecule has 0 aliphatic heterocycles. The van der Waals surface area contributed by atoms with Crippen molar-refractivity contribution >= 4 is 34.1 Å². The smallest absolute Gasteiger partial charge is 0.260 e. The summed E-state index contributed by atoms with van der Waals surface area (Å²) in [5.41, 5.74) is 1.76. The van der Waals surface area contributed by atoms with Gasteiger partial charge in [0, 0.05) is 16.6 Å². The zero-order valence-electron chi connectivity index (χ0n) is 12.5. The average molecular weight is 307 g/mol. The van der Waals surface area contributed by atoms with Gasteiger partial charge in [0.1, 0.15) is 0 Å². The monoisotopic (exact) mass is 307 g/mol. The van der Waals surface area contributed by atoms with Crippen molar-refractivity contribution in [1.82, 2.24) is 4.57 Å². The summed E-state index contributed by atoms with van der Waals surface area (Å²) in [6, 6.07) is 2.04. The Labute approximate surface area is 129 Å². The second kappa shape index (κ2) is 4.63. The van der Waals surface area contributed by atoms with Crippen molar-refractivity contribution < 1.29 is 0 Å². The quantitative estimate of drug-likeness (QED) is 0.729. The molecular weight excluding hydrogens is 286 g/mol. The third-order valence-corrected chi connectivity index (χ3v) is 6.27. The fourth-order valence-electron chi connectivity index (χ4n) is 3.17. The molecule has 20 heavy (non-hydrogen) atoms. The number of rotatable bonds is 0. The largest absolute Gasteiger partial charge is 0.306 e. The van der Waals surface area contributed by atoms with Crippen LogP contribution in [0.4, 0.5) is 0 Å². The van der Waals surface area contributed by atoms with Crippen LogP contribution in [0.15, 0.2) is 15.9 Å². The lowest BCUT2D eigenvalue weighted by Crippen LogP contribution is -2.26. The van der Waals surface area contributed by atoms with E-state index in [9.17, 15) is 4.79 Å². The van der Waals surface area contributed by atoms with Gasteiger partial charge >= 0.3 is 0 Å². The summed E-state index contributed by atoms with van der Waals surface area (Å²) < 4.78 is 2.76. The number of aryl methyl sites for hydroxylation is 1. The Balaban J connectivity index is 2.17. The van der Waals surface area contributed by atoms with E-state index in [-0.39, 0.29) is 5.56 Å². The van der Waals surface area contributed by atoms with Gasteiger partial charge in [0.15, 0.2) is 0 Å². The van der Waals surface area contributed by atoms with Crippen LogP contribution in [0.1, 0.15) is 37.6 Å². The molecule has 2 aromatic rings. The molecule has 4 heteroatoms. The molecule has 0 saturated heterocycles. The van der Waals surface area contributed by atoms with Gasteiger partial charge in [0.05, 0.1) is 10.4 Å². The Morgan fingerprint density at radius 2 is 2.10 bits per heavy atom. The summed E-state index contributed by atoms with van der Waals surface area (Å²) in [7, 11) is 1.80. The van der Waals surface area contributed by atoms with Gasteiger partial charge in [0.25, 0.3) is 5.56 Å². The number of nitrogens with zero attached hydrogens (tertiary/aromatic N) is 1. The fourth-order valence-corrected chi connectivity index (χ4v) is 4.84. The first-order chi connectivity index (χ1) is 9.29. The summed E-state index contributed by atoms with van der Waals surface area (Å²) in [6.07, 6.45) is 3.34. The van der Waals surface area contributed by atoms with Crippen LogP contribution in [0.3, 0.4) is 0 Å². The van der Waals surface area contributed by atoms with Crippen LogP contribution in [-0.2, 0) is 19.9 Å². The summed E-state index contributed by atoms with van der Waals surface area (Å²) >= 11 is 6.19. The second-order valence-electron chi connectivity index (χ2n) is 6.92. The molecule has 2 heterocycles. The maximum Gasteiger partial charge on any atom is 0.260 e. The van der Waals surface area contributed by atoms with Crippen LogP contribution >= 0.6 is 24.0 Å². The fraction of sp³-hybridized carbons (Fsp3) is 0.562.